The van der Waals surface area contributed by atoms with E-state index in [1.165, 1.54) is 0 Å². The Labute approximate surface area is 74.2 Å². The number of anilines is 1. The summed E-state index contributed by atoms with van der Waals surface area (Å²) in [6, 6.07) is 11.0. The van der Waals surface area contributed by atoms with E-state index in [-0.39, 0.29) is 0 Å². The molecule has 0 aliphatic rings. The third-order valence-corrected chi connectivity index (χ3v) is 1.85. The van der Waals surface area contributed by atoms with Crippen LogP contribution in [-0.4, -0.2) is 25.2 Å². The largest absolute Gasteiger partial charge is 0.369 e. The van der Waals surface area contributed by atoms with Gasteiger partial charge < -0.3 is 5.32 Å². The van der Waals surface area contributed by atoms with Crippen LogP contribution in [0.3, 0.4) is 0 Å². The Bertz CT molecular complexity index is 219. The van der Waals surface area contributed by atoms with Crippen molar-refractivity contribution >= 4 is 5.69 Å². The second-order valence-electron chi connectivity index (χ2n) is 3.06. The molecule has 1 aromatic rings. The van der Waals surface area contributed by atoms with Crippen molar-refractivity contribution in [3.63, 3.8) is 0 Å². The van der Waals surface area contributed by atoms with Gasteiger partial charge in [-0.25, -0.2) is 0 Å². The SMILES string of the molecule is CC(Nc1[c]cccc1)N(C)C. The fourth-order valence-corrected chi connectivity index (χ4v) is 0.837. The highest BCUT2D eigenvalue weighted by molar-refractivity contribution is 5.41. The summed E-state index contributed by atoms with van der Waals surface area (Å²) in [6.07, 6.45) is 0.337. The lowest BCUT2D eigenvalue weighted by Crippen LogP contribution is -2.31. The van der Waals surface area contributed by atoms with E-state index < -0.39 is 0 Å². The third kappa shape index (κ3) is 2.55. The van der Waals surface area contributed by atoms with Crippen LogP contribution in [0.2, 0.25) is 0 Å². The Balaban J connectivity index is 2.53. The molecule has 12 heavy (non-hydrogen) atoms. The molecule has 0 saturated carbocycles. The van der Waals surface area contributed by atoms with Crippen molar-refractivity contribution in [3.05, 3.63) is 30.3 Å². The Morgan fingerprint density at radius 2 is 2.17 bits per heavy atom. The molecule has 0 aliphatic carbocycles. The first-order chi connectivity index (χ1) is 5.70. The molecule has 2 heteroatoms. The van der Waals surface area contributed by atoms with Crippen LogP contribution in [0.5, 0.6) is 0 Å². The fraction of sp³-hybridized carbons (Fsp3) is 0.400. The van der Waals surface area contributed by atoms with E-state index >= 15 is 0 Å². The average molecular weight is 163 g/mol. The summed E-state index contributed by atoms with van der Waals surface area (Å²) < 4.78 is 0. The summed E-state index contributed by atoms with van der Waals surface area (Å²) >= 11 is 0. The van der Waals surface area contributed by atoms with Gasteiger partial charge in [0.2, 0.25) is 0 Å². The summed E-state index contributed by atoms with van der Waals surface area (Å²) in [5, 5.41) is 3.31. The maximum atomic E-state index is 3.31. The van der Waals surface area contributed by atoms with Gasteiger partial charge in [-0.2, -0.15) is 0 Å². The van der Waals surface area contributed by atoms with Crippen molar-refractivity contribution in [3.8, 4) is 0 Å². The molecule has 1 rings (SSSR count). The molecule has 1 N–H and O–H groups in total. The Morgan fingerprint density at radius 1 is 1.42 bits per heavy atom. The summed E-state index contributed by atoms with van der Waals surface area (Å²) in [5.74, 6) is 0. The van der Waals surface area contributed by atoms with Crippen molar-refractivity contribution in [1.29, 1.82) is 0 Å². The van der Waals surface area contributed by atoms with Crippen molar-refractivity contribution in [2.75, 3.05) is 19.4 Å². The Hall–Kier alpha value is -1.02. The van der Waals surface area contributed by atoms with E-state index in [0.29, 0.717) is 6.17 Å². The van der Waals surface area contributed by atoms with Gasteiger partial charge in [-0.05, 0) is 27.1 Å². The number of nitrogens with one attached hydrogen (secondary N) is 1. The topological polar surface area (TPSA) is 15.3 Å². The lowest BCUT2D eigenvalue weighted by Gasteiger charge is -2.21. The Kier molecular flexibility index (Phi) is 3.11. The van der Waals surface area contributed by atoms with Crippen LogP contribution in [0.1, 0.15) is 6.92 Å². The van der Waals surface area contributed by atoms with E-state index in [4.69, 9.17) is 0 Å². The summed E-state index contributed by atoms with van der Waals surface area (Å²) in [6.45, 7) is 2.11. The number of hydrogen-bond donors (Lipinski definition) is 1. The standard InChI is InChI=1S/C10H15N2/c1-9(12(2)3)11-10-7-5-4-6-8-10/h4-7,9,11H,1-3H3. The van der Waals surface area contributed by atoms with Crippen LogP contribution in [0.4, 0.5) is 5.69 Å². The lowest BCUT2D eigenvalue weighted by atomic mass is 10.3. The van der Waals surface area contributed by atoms with E-state index in [1.807, 2.05) is 38.4 Å². The smallest absolute Gasteiger partial charge is 0.0759 e. The predicted octanol–water partition coefficient (Wildman–Crippen LogP) is 1.81. The monoisotopic (exact) mass is 163 g/mol. The number of rotatable bonds is 3. The van der Waals surface area contributed by atoms with Crippen molar-refractivity contribution in [2.24, 2.45) is 0 Å². The van der Waals surface area contributed by atoms with Crippen LogP contribution in [0.25, 0.3) is 0 Å². The molecule has 1 unspecified atom stereocenters. The highest BCUT2D eigenvalue weighted by Crippen LogP contribution is 2.06. The van der Waals surface area contributed by atoms with E-state index in [2.05, 4.69) is 23.2 Å². The lowest BCUT2D eigenvalue weighted by molar-refractivity contribution is 0.343. The van der Waals surface area contributed by atoms with Gasteiger partial charge in [-0.1, -0.05) is 18.2 Å². The third-order valence-electron chi connectivity index (χ3n) is 1.85. The minimum Gasteiger partial charge on any atom is -0.369 e. The zero-order valence-electron chi connectivity index (χ0n) is 7.83. The zero-order valence-corrected chi connectivity index (χ0v) is 7.83. The first-order valence-corrected chi connectivity index (χ1v) is 4.10. The molecule has 0 aliphatic heterocycles. The van der Waals surface area contributed by atoms with Crippen molar-refractivity contribution < 1.29 is 0 Å². The number of para-hydroxylation sites is 1. The van der Waals surface area contributed by atoms with Crippen LogP contribution in [0, 0.1) is 6.07 Å². The molecule has 0 spiro atoms. The van der Waals surface area contributed by atoms with Crippen LogP contribution < -0.4 is 5.32 Å². The summed E-state index contributed by atoms with van der Waals surface area (Å²) in [4.78, 5) is 2.11. The van der Waals surface area contributed by atoms with Gasteiger partial charge in [0.25, 0.3) is 0 Å². The minimum absolute atomic E-state index is 0.337. The molecule has 0 amide bonds. The number of nitrogens with zero attached hydrogens (tertiary/aromatic N) is 1. The molecular formula is C10H15N2. The molecule has 0 bridgehead atoms. The number of benzene rings is 1. The van der Waals surface area contributed by atoms with Crippen LogP contribution >= 0.6 is 0 Å². The molecule has 1 aromatic carbocycles. The van der Waals surface area contributed by atoms with Gasteiger partial charge in [-0.15, -0.1) is 0 Å². The highest BCUT2D eigenvalue weighted by Gasteiger charge is 2.01. The normalized spacial score (nSPS) is 13.0. The second-order valence-corrected chi connectivity index (χ2v) is 3.06. The second kappa shape index (κ2) is 4.12. The van der Waals surface area contributed by atoms with Gasteiger partial charge in [0, 0.05) is 11.8 Å². The molecule has 0 fully saturated rings. The molecule has 0 heterocycles. The fourth-order valence-electron chi connectivity index (χ4n) is 0.837. The van der Waals surface area contributed by atoms with Gasteiger partial charge in [-0.3, -0.25) is 4.90 Å². The van der Waals surface area contributed by atoms with E-state index in [1.54, 1.807) is 0 Å². The Morgan fingerprint density at radius 3 is 2.67 bits per heavy atom. The van der Waals surface area contributed by atoms with Gasteiger partial charge in [0.05, 0.1) is 6.17 Å². The molecule has 0 saturated heterocycles. The van der Waals surface area contributed by atoms with Crippen LogP contribution in [-0.2, 0) is 0 Å². The van der Waals surface area contributed by atoms with E-state index in [0.717, 1.165) is 5.69 Å². The zero-order chi connectivity index (χ0) is 8.97. The molecule has 0 aromatic heterocycles. The quantitative estimate of drug-likeness (QED) is 0.684. The average Bonchev–Trinajstić information content (AvgIpc) is 2.06. The maximum absolute atomic E-state index is 3.31. The maximum Gasteiger partial charge on any atom is 0.0759 e. The molecule has 1 radical (unpaired) electrons. The first kappa shape index (κ1) is 9.07. The predicted molar refractivity (Wildman–Crippen MR) is 52.0 cm³/mol. The summed E-state index contributed by atoms with van der Waals surface area (Å²) in [7, 11) is 4.08. The highest BCUT2D eigenvalue weighted by atomic mass is 15.2. The molecule has 1 atom stereocenters. The number of hydrogen-bond acceptors (Lipinski definition) is 2. The minimum atomic E-state index is 0.337. The van der Waals surface area contributed by atoms with Crippen molar-refractivity contribution in [1.82, 2.24) is 4.90 Å². The van der Waals surface area contributed by atoms with Crippen LogP contribution in [0.15, 0.2) is 24.3 Å². The molecule has 2 nitrogen and oxygen atoms in total. The first-order valence-electron chi connectivity index (χ1n) is 4.10. The van der Waals surface area contributed by atoms with E-state index in [9.17, 15) is 0 Å². The van der Waals surface area contributed by atoms with Gasteiger partial charge >= 0.3 is 0 Å². The molecular weight excluding hydrogens is 148 g/mol. The van der Waals surface area contributed by atoms with Gasteiger partial charge in [0.15, 0.2) is 0 Å². The molecule has 65 valence electrons. The van der Waals surface area contributed by atoms with Gasteiger partial charge in [0.1, 0.15) is 0 Å². The van der Waals surface area contributed by atoms with Crippen molar-refractivity contribution in [2.45, 2.75) is 13.1 Å². The summed E-state index contributed by atoms with van der Waals surface area (Å²) in [5.41, 5.74) is 1.04.